The second kappa shape index (κ2) is 15.4. The van der Waals surface area contributed by atoms with E-state index in [1.54, 1.807) is 41.5 Å². The molecule has 2 amide bonds. The Morgan fingerprint density at radius 2 is 1.16 bits per heavy atom. The summed E-state index contributed by atoms with van der Waals surface area (Å²) in [7, 11) is -3.81. The number of ether oxygens (including phenoxy) is 2. The molecule has 0 aromatic carbocycles. The molecular formula is C25H50N2O9S2. The van der Waals surface area contributed by atoms with Gasteiger partial charge in [-0.3, -0.25) is 8.37 Å². The van der Waals surface area contributed by atoms with Crippen LogP contribution in [0.15, 0.2) is 0 Å². The van der Waals surface area contributed by atoms with Gasteiger partial charge in [-0.05, 0) is 71.6 Å². The molecule has 2 N–H and O–H groups in total. The first-order valence-corrected chi connectivity index (χ1v) is 15.7. The standard InChI is InChI=1S/C25H50N2O9S2/c1-22(2,3)35-20(28)26-14-12-24(7,8)18-33-37(30)16-11-17-38(31,32)34-19-25(9,10)13-15-27-21(29)36-23(4,5)6/h11-19H2,1-10H3,(H,26,28)(H,27,29). The van der Waals surface area contributed by atoms with Gasteiger partial charge in [0.2, 0.25) is 0 Å². The molecule has 0 aromatic heterocycles. The third-order valence-corrected chi connectivity index (χ3v) is 7.12. The molecule has 0 saturated heterocycles. The van der Waals surface area contributed by atoms with Crippen molar-refractivity contribution >= 4 is 33.4 Å². The Kier molecular flexibility index (Phi) is 14.8. The fourth-order valence-electron chi connectivity index (χ4n) is 2.72. The molecule has 0 saturated carbocycles. The Morgan fingerprint density at radius 3 is 1.58 bits per heavy atom. The summed E-state index contributed by atoms with van der Waals surface area (Å²) >= 11 is -1.65. The van der Waals surface area contributed by atoms with E-state index in [2.05, 4.69) is 10.6 Å². The van der Waals surface area contributed by atoms with E-state index in [0.29, 0.717) is 25.9 Å². The van der Waals surface area contributed by atoms with Crippen molar-refractivity contribution in [2.24, 2.45) is 10.8 Å². The zero-order valence-corrected chi connectivity index (χ0v) is 26.5. The van der Waals surface area contributed by atoms with Crippen molar-refractivity contribution < 1.29 is 40.1 Å². The lowest BCUT2D eigenvalue weighted by Gasteiger charge is -2.25. The maximum atomic E-state index is 12.3. The van der Waals surface area contributed by atoms with E-state index in [9.17, 15) is 22.2 Å². The van der Waals surface area contributed by atoms with Crippen LogP contribution >= 0.6 is 0 Å². The Labute approximate surface area is 232 Å². The predicted molar refractivity (Wildman–Crippen MR) is 149 cm³/mol. The van der Waals surface area contributed by atoms with Crippen LogP contribution in [0.1, 0.15) is 88.5 Å². The Balaban J connectivity index is 4.26. The minimum atomic E-state index is -3.81. The van der Waals surface area contributed by atoms with Crippen LogP contribution in [0.25, 0.3) is 0 Å². The van der Waals surface area contributed by atoms with Crippen molar-refractivity contribution in [2.75, 3.05) is 37.8 Å². The zero-order valence-electron chi connectivity index (χ0n) is 24.9. The third kappa shape index (κ3) is 21.5. The summed E-state index contributed by atoms with van der Waals surface area (Å²) in [5.41, 5.74) is -2.03. The maximum absolute atomic E-state index is 12.3. The number of nitrogens with one attached hydrogen (secondary N) is 2. The lowest BCUT2D eigenvalue weighted by atomic mass is 9.91. The highest BCUT2D eigenvalue weighted by atomic mass is 32.2. The van der Waals surface area contributed by atoms with Gasteiger partial charge in [-0.2, -0.15) is 8.42 Å². The number of amides is 2. The van der Waals surface area contributed by atoms with Crippen molar-refractivity contribution in [3.63, 3.8) is 0 Å². The van der Waals surface area contributed by atoms with Gasteiger partial charge in [-0.25, -0.2) is 13.8 Å². The molecule has 13 heteroatoms. The number of hydrogen-bond acceptors (Lipinski definition) is 9. The van der Waals surface area contributed by atoms with Crippen molar-refractivity contribution in [3.05, 3.63) is 0 Å². The molecule has 38 heavy (non-hydrogen) atoms. The predicted octanol–water partition coefficient (Wildman–Crippen LogP) is 4.29. The Morgan fingerprint density at radius 1 is 0.737 bits per heavy atom. The lowest BCUT2D eigenvalue weighted by molar-refractivity contribution is 0.0506. The van der Waals surface area contributed by atoms with E-state index in [4.69, 9.17) is 17.8 Å². The molecule has 0 radical (unpaired) electrons. The number of rotatable bonds is 16. The summed E-state index contributed by atoms with van der Waals surface area (Å²) in [5.74, 6) is -0.227. The minimum Gasteiger partial charge on any atom is -0.444 e. The highest BCUT2D eigenvalue weighted by Crippen LogP contribution is 2.22. The molecule has 0 aliphatic rings. The Hall–Kier alpha value is -1.44. The topological polar surface area (TPSA) is 146 Å². The van der Waals surface area contributed by atoms with Gasteiger partial charge in [0.1, 0.15) is 11.2 Å². The van der Waals surface area contributed by atoms with Crippen molar-refractivity contribution in [1.29, 1.82) is 0 Å². The Bertz CT molecular complexity index is 874. The smallest absolute Gasteiger partial charge is 0.407 e. The van der Waals surface area contributed by atoms with E-state index in [0.717, 1.165) is 0 Å². The van der Waals surface area contributed by atoms with Crippen LogP contribution in [0, 0.1) is 10.8 Å². The highest BCUT2D eigenvalue weighted by Gasteiger charge is 2.25. The first kappa shape index (κ1) is 36.6. The molecule has 0 fully saturated rings. The van der Waals surface area contributed by atoms with E-state index in [1.807, 2.05) is 27.7 Å². The molecule has 0 rings (SSSR count). The molecule has 0 heterocycles. The monoisotopic (exact) mass is 586 g/mol. The second-order valence-corrected chi connectivity index (χ2v) is 15.8. The van der Waals surface area contributed by atoms with E-state index < -0.39 is 50.0 Å². The van der Waals surface area contributed by atoms with Crippen LogP contribution in [0.4, 0.5) is 9.59 Å². The summed E-state index contributed by atoms with van der Waals surface area (Å²) in [4.78, 5) is 23.5. The minimum absolute atomic E-state index is 0.0452. The average molecular weight is 587 g/mol. The highest BCUT2D eigenvalue weighted by molar-refractivity contribution is 7.86. The van der Waals surface area contributed by atoms with Crippen LogP contribution in [0.5, 0.6) is 0 Å². The van der Waals surface area contributed by atoms with Gasteiger partial charge in [0, 0.05) is 13.1 Å². The van der Waals surface area contributed by atoms with Crippen molar-refractivity contribution in [3.8, 4) is 0 Å². The van der Waals surface area contributed by atoms with Crippen LogP contribution < -0.4 is 10.6 Å². The third-order valence-electron chi connectivity index (χ3n) is 4.86. The number of alkyl carbamates (subject to hydrolysis) is 2. The first-order chi connectivity index (χ1) is 17.0. The molecule has 226 valence electrons. The molecule has 0 aliphatic heterocycles. The van der Waals surface area contributed by atoms with Crippen LogP contribution in [-0.4, -0.2) is 73.8 Å². The number of hydrogen-bond donors (Lipinski definition) is 2. The molecule has 0 spiro atoms. The van der Waals surface area contributed by atoms with Gasteiger partial charge in [-0.15, -0.1) is 0 Å². The molecule has 1 unspecified atom stereocenters. The van der Waals surface area contributed by atoms with Gasteiger partial charge < -0.3 is 20.1 Å². The van der Waals surface area contributed by atoms with E-state index in [-0.39, 0.29) is 36.6 Å². The number of carbonyl (C=O) groups is 2. The zero-order chi connectivity index (χ0) is 29.8. The molecular weight excluding hydrogens is 536 g/mol. The van der Waals surface area contributed by atoms with Crippen molar-refractivity contribution in [2.45, 2.75) is 99.7 Å². The second-order valence-electron chi connectivity index (χ2n) is 12.8. The van der Waals surface area contributed by atoms with Gasteiger partial charge in [0.25, 0.3) is 10.1 Å². The summed E-state index contributed by atoms with van der Waals surface area (Å²) < 4.78 is 57.7. The van der Waals surface area contributed by atoms with Gasteiger partial charge >= 0.3 is 12.2 Å². The van der Waals surface area contributed by atoms with Crippen LogP contribution in [-0.2, 0) is 39.0 Å². The maximum Gasteiger partial charge on any atom is 0.407 e. The summed E-state index contributed by atoms with van der Waals surface area (Å²) in [6, 6.07) is 0. The van der Waals surface area contributed by atoms with Gasteiger partial charge in [0.05, 0.1) is 24.7 Å². The number of carbonyl (C=O) groups excluding carboxylic acids is 2. The fraction of sp³-hybridized carbons (Fsp3) is 0.920. The molecule has 0 bridgehead atoms. The lowest BCUT2D eigenvalue weighted by Crippen LogP contribution is -2.35. The van der Waals surface area contributed by atoms with Crippen LogP contribution in [0.2, 0.25) is 0 Å². The quantitative estimate of drug-likeness (QED) is 0.253. The fourth-order valence-corrected chi connectivity index (χ4v) is 4.97. The first-order valence-electron chi connectivity index (χ1n) is 12.8. The van der Waals surface area contributed by atoms with Crippen LogP contribution in [0.3, 0.4) is 0 Å². The van der Waals surface area contributed by atoms with Crippen molar-refractivity contribution in [1.82, 2.24) is 10.6 Å². The summed E-state index contributed by atoms with van der Waals surface area (Å²) in [6.45, 7) is 19.0. The molecule has 0 aromatic rings. The SMILES string of the molecule is CC(C)(CCNC(=O)OC(C)(C)C)COS(=O)CCCS(=O)(=O)OCC(C)(C)CCNC(=O)OC(C)(C)C. The van der Waals surface area contributed by atoms with E-state index >= 15 is 0 Å². The van der Waals surface area contributed by atoms with Gasteiger partial charge in [-0.1, -0.05) is 27.7 Å². The normalized spacial score (nSPS) is 14.1. The van der Waals surface area contributed by atoms with Gasteiger partial charge in [0.15, 0.2) is 11.1 Å². The molecule has 0 aliphatic carbocycles. The largest absolute Gasteiger partial charge is 0.444 e. The summed E-state index contributed by atoms with van der Waals surface area (Å²) in [5, 5.41) is 5.33. The summed E-state index contributed by atoms with van der Waals surface area (Å²) in [6.07, 6.45) is 0.160. The average Bonchev–Trinajstić information content (AvgIpc) is 2.68. The molecule has 11 nitrogen and oxygen atoms in total. The van der Waals surface area contributed by atoms with E-state index in [1.165, 1.54) is 0 Å². The molecule has 1 atom stereocenters.